The van der Waals surface area contributed by atoms with Crippen molar-refractivity contribution in [3.05, 3.63) is 101 Å². The molecular weight excluding hydrogens is 425 g/mol. The average Bonchev–Trinajstić information content (AvgIpc) is 2.82. The number of allylic oxidation sites excluding steroid dienone is 6. The molecule has 1 fully saturated rings. The van der Waals surface area contributed by atoms with Gasteiger partial charge in [0.15, 0.2) is 5.78 Å². The quantitative estimate of drug-likeness (QED) is 0.329. The first-order chi connectivity index (χ1) is 16.1. The van der Waals surface area contributed by atoms with Gasteiger partial charge in [-0.1, -0.05) is 66.3 Å². The van der Waals surface area contributed by atoms with Crippen LogP contribution in [0.2, 0.25) is 0 Å². The van der Waals surface area contributed by atoms with E-state index in [4.69, 9.17) is 4.74 Å². The van der Waals surface area contributed by atoms with E-state index in [2.05, 4.69) is 37.1 Å². The summed E-state index contributed by atoms with van der Waals surface area (Å²) in [6, 6.07) is 12.7. The molecule has 0 atom stereocenters. The Labute approximate surface area is 203 Å². The van der Waals surface area contributed by atoms with Crippen molar-refractivity contribution in [3.8, 4) is 0 Å². The number of Topliss-reactive ketones (excluding diaryl/α,β-unsaturated/α-hetero) is 1. The van der Waals surface area contributed by atoms with Gasteiger partial charge in [-0.2, -0.15) is 0 Å². The van der Waals surface area contributed by atoms with Crippen molar-refractivity contribution in [2.75, 3.05) is 31.2 Å². The molecule has 0 saturated carbocycles. The first-order valence-electron chi connectivity index (χ1n) is 11.5. The summed E-state index contributed by atoms with van der Waals surface area (Å²) in [4.78, 5) is 13.4. The zero-order chi connectivity index (χ0) is 25.3. The van der Waals surface area contributed by atoms with E-state index in [-0.39, 0.29) is 11.6 Å². The normalized spacial score (nSPS) is 14.2. The molecule has 1 saturated heterocycles. The number of halogens is 1. The zero-order valence-corrected chi connectivity index (χ0v) is 21.1. The third-order valence-corrected chi connectivity index (χ3v) is 5.64. The van der Waals surface area contributed by atoms with E-state index in [0.29, 0.717) is 13.2 Å². The van der Waals surface area contributed by atoms with Crippen molar-refractivity contribution in [1.82, 2.24) is 0 Å². The van der Waals surface area contributed by atoms with Gasteiger partial charge in [-0.15, -0.1) is 0 Å². The molecule has 0 aromatic heterocycles. The van der Waals surface area contributed by atoms with Crippen LogP contribution in [-0.4, -0.2) is 32.1 Å². The largest absolute Gasteiger partial charge is 0.378 e. The number of anilines is 1. The molecule has 34 heavy (non-hydrogen) atoms. The molecule has 4 heteroatoms. The first kappa shape index (κ1) is 27.0. The summed E-state index contributed by atoms with van der Waals surface area (Å²) in [7, 11) is 0. The van der Waals surface area contributed by atoms with Crippen molar-refractivity contribution in [3.63, 3.8) is 0 Å². The van der Waals surface area contributed by atoms with Crippen LogP contribution in [0, 0.1) is 5.82 Å². The van der Waals surface area contributed by atoms with Gasteiger partial charge in [-0.05, 0) is 69.5 Å². The number of carbonyl (C=O) groups is 1. The fourth-order valence-electron chi connectivity index (χ4n) is 3.47. The molecule has 0 N–H and O–H groups in total. The lowest BCUT2D eigenvalue weighted by atomic mass is 9.96. The molecule has 1 aliphatic rings. The summed E-state index contributed by atoms with van der Waals surface area (Å²) >= 11 is 0. The van der Waals surface area contributed by atoms with Crippen LogP contribution in [0.15, 0.2) is 78.9 Å². The molecule has 0 unspecified atom stereocenters. The third-order valence-electron chi connectivity index (χ3n) is 5.64. The van der Waals surface area contributed by atoms with Crippen molar-refractivity contribution < 1.29 is 13.9 Å². The number of hydrogen-bond acceptors (Lipinski definition) is 3. The van der Waals surface area contributed by atoms with E-state index >= 15 is 0 Å². The molecule has 0 spiro atoms. The van der Waals surface area contributed by atoms with Crippen molar-refractivity contribution in [2.24, 2.45) is 0 Å². The number of carbonyl (C=O) groups excluding carboxylic acids is 1. The Balaban J connectivity index is 0.000000241. The number of hydrogen-bond donors (Lipinski definition) is 0. The van der Waals surface area contributed by atoms with Crippen LogP contribution >= 0.6 is 0 Å². The first-order valence-corrected chi connectivity index (χ1v) is 11.5. The summed E-state index contributed by atoms with van der Waals surface area (Å²) in [5.41, 5.74) is 7.82. The second kappa shape index (κ2) is 12.9. The minimum atomic E-state index is -0.206. The van der Waals surface area contributed by atoms with Gasteiger partial charge in [-0.3, -0.25) is 4.79 Å². The van der Waals surface area contributed by atoms with Crippen LogP contribution in [0.3, 0.4) is 0 Å². The second-order valence-electron chi connectivity index (χ2n) is 8.58. The van der Waals surface area contributed by atoms with Gasteiger partial charge < -0.3 is 9.64 Å². The Morgan fingerprint density at radius 3 is 2.03 bits per heavy atom. The molecule has 0 aliphatic carbocycles. The highest BCUT2D eigenvalue weighted by Crippen LogP contribution is 2.24. The standard InChI is InChI=1S/C17H20O.C13H16FNO/c1-6-13(4)11-17(12(2)3)16-9-7-15(8-10-16)14(5)18;1-10(2)11-7-12(14)9-13(8-11)15-3-5-16-6-4-15/h6-11H,2H2,1,3-5H3;7-9H,1,3-6H2,2H3/b13-6-,17-11+;. The van der Waals surface area contributed by atoms with Crippen LogP contribution in [0.5, 0.6) is 0 Å². The number of morpholine rings is 1. The highest BCUT2D eigenvalue weighted by Gasteiger charge is 2.13. The Morgan fingerprint density at radius 2 is 1.53 bits per heavy atom. The van der Waals surface area contributed by atoms with Crippen LogP contribution in [0.4, 0.5) is 10.1 Å². The summed E-state index contributed by atoms with van der Waals surface area (Å²) in [6.45, 7) is 20.4. The third kappa shape index (κ3) is 7.96. The maximum Gasteiger partial charge on any atom is 0.159 e. The topological polar surface area (TPSA) is 29.5 Å². The molecule has 0 radical (unpaired) electrons. The maximum absolute atomic E-state index is 13.4. The lowest BCUT2D eigenvalue weighted by molar-refractivity contribution is 0.101. The number of ether oxygens (including phenoxy) is 1. The highest BCUT2D eigenvalue weighted by atomic mass is 19.1. The van der Waals surface area contributed by atoms with Gasteiger partial charge in [0.2, 0.25) is 0 Å². The molecule has 0 amide bonds. The van der Waals surface area contributed by atoms with Gasteiger partial charge in [0.1, 0.15) is 5.82 Å². The minimum absolute atomic E-state index is 0.0899. The highest BCUT2D eigenvalue weighted by molar-refractivity contribution is 5.94. The molecule has 1 heterocycles. The minimum Gasteiger partial charge on any atom is -0.378 e. The number of rotatable bonds is 6. The smallest absolute Gasteiger partial charge is 0.159 e. The maximum atomic E-state index is 13.4. The van der Waals surface area contributed by atoms with Crippen molar-refractivity contribution >= 4 is 22.6 Å². The van der Waals surface area contributed by atoms with Crippen LogP contribution in [0.1, 0.15) is 56.1 Å². The van der Waals surface area contributed by atoms with E-state index in [1.165, 1.54) is 11.6 Å². The molecule has 1 aliphatic heterocycles. The fourth-order valence-corrected chi connectivity index (χ4v) is 3.47. The molecule has 0 bridgehead atoms. The van der Waals surface area contributed by atoms with E-state index in [9.17, 15) is 9.18 Å². The molecule has 180 valence electrons. The van der Waals surface area contributed by atoms with Crippen LogP contribution < -0.4 is 4.90 Å². The van der Waals surface area contributed by atoms with E-state index in [1.807, 2.05) is 51.1 Å². The Hall–Kier alpha value is -3.24. The average molecular weight is 462 g/mol. The van der Waals surface area contributed by atoms with Gasteiger partial charge in [0.25, 0.3) is 0 Å². The molecule has 3 rings (SSSR count). The summed E-state index contributed by atoms with van der Waals surface area (Å²) in [5.74, 6) is -0.117. The summed E-state index contributed by atoms with van der Waals surface area (Å²) in [6.07, 6.45) is 4.18. The number of nitrogens with zero attached hydrogens (tertiary/aromatic N) is 1. The second-order valence-corrected chi connectivity index (χ2v) is 8.58. The van der Waals surface area contributed by atoms with E-state index in [1.54, 1.807) is 13.0 Å². The lowest BCUT2D eigenvalue weighted by Gasteiger charge is -2.29. The Kier molecular flexibility index (Phi) is 10.2. The van der Waals surface area contributed by atoms with Crippen LogP contribution in [-0.2, 0) is 4.74 Å². The summed E-state index contributed by atoms with van der Waals surface area (Å²) < 4.78 is 18.7. The predicted molar refractivity (Wildman–Crippen MR) is 143 cm³/mol. The van der Waals surface area contributed by atoms with E-state index in [0.717, 1.165) is 52.2 Å². The Morgan fingerprint density at radius 1 is 0.941 bits per heavy atom. The van der Waals surface area contributed by atoms with Crippen LogP contribution in [0.25, 0.3) is 11.1 Å². The van der Waals surface area contributed by atoms with E-state index < -0.39 is 0 Å². The van der Waals surface area contributed by atoms with Crippen molar-refractivity contribution in [2.45, 2.75) is 34.6 Å². The lowest BCUT2D eigenvalue weighted by Crippen LogP contribution is -2.36. The van der Waals surface area contributed by atoms with Gasteiger partial charge in [0, 0.05) is 24.3 Å². The Bertz CT molecular complexity index is 1090. The molecule has 3 nitrogen and oxygen atoms in total. The van der Waals surface area contributed by atoms with Gasteiger partial charge in [0.05, 0.1) is 13.2 Å². The van der Waals surface area contributed by atoms with Gasteiger partial charge >= 0.3 is 0 Å². The zero-order valence-electron chi connectivity index (χ0n) is 21.1. The SMILES string of the molecule is C=C(C)/C(=C\C(C)=C/C)c1ccc(C(C)=O)cc1.C=C(C)c1cc(F)cc(N2CCOCC2)c1. The predicted octanol–water partition coefficient (Wildman–Crippen LogP) is 7.51. The fraction of sp³-hybridized carbons (Fsp3) is 0.300. The molecular formula is C30H36FNO2. The number of ketones is 1. The monoisotopic (exact) mass is 461 g/mol. The summed E-state index contributed by atoms with van der Waals surface area (Å²) in [5, 5.41) is 0. The number of benzene rings is 2. The van der Waals surface area contributed by atoms with Crippen molar-refractivity contribution in [1.29, 1.82) is 0 Å². The van der Waals surface area contributed by atoms with Gasteiger partial charge in [-0.25, -0.2) is 4.39 Å². The molecule has 2 aromatic carbocycles. The molecule has 2 aromatic rings.